The Balaban J connectivity index is 1.63. The zero-order valence-electron chi connectivity index (χ0n) is 18.0. The van der Waals surface area contributed by atoms with Crippen LogP contribution in [-0.2, 0) is 15.0 Å². The molecule has 2 heterocycles. The predicted octanol–water partition coefficient (Wildman–Crippen LogP) is 3.34. The Labute approximate surface area is 172 Å². The highest BCUT2D eigenvalue weighted by Crippen LogP contribution is 2.51. The lowest BCUT2D eigenvalue weighted by molar-refractivity contribution is -0.137. The molecule has 0 bridgehead atoms. The zero-order valence-corrected chi connectivity index (χ0v) is 18.0. The largest absolute Gasteiger partial charge is 0.486 e. The Bertz CT molecular complexity index is 821. The van der Waals surface area contributed by atoms with Gasteiger partial charge in [-0.25, -0.2) is 0 Å². The molecular formula is C23H32N2O4. The predicted molar refractivity (Wildman–Crippen MR) is 110 cm³/mol. The summed E-state index contributed by atoms with van der Waals surface area (Å²) >= 11 is 0. The number of nitrogens with zero attached hydrogens (tertiary/aromatic N) is 1. The molecule has 1 N–H and O–H groups in total. The maximum atomic E-state index is 13.1. The third-order valence-corrected chi connectivity index (χ3v) is 6.64. The summed E-state index contributed by atoms with van der Waals surface area (Å²) in [6, 6.07) is 4.17. The lowest BCUT2D eigenvalue weighted by atomic mass is 9.71. The summed E-state index contributed by atoms with van der Waals surface area (Å²) in [7, 11) is 0. The van der Waals surface area contributed by atoms with Crippen molar-refractivity contribution in [2.45, 2.75) is 64.8 Å². The fraction of sp³-hybridized carbons (Fsp3) is 0.652. The maximum absolute atomic E-state index is 13.1. The number of hydrogen-bond donors (Lipinski definition) is 1. The molecule has 2 aliphatic heterocycles. The third kappa shape index (κ3) is 3.58. The van der Waals surface area contributed by atoms with Gasteiger partial charge >= 0.3 is 0 Å². The molecule has 1 saturated carbocycles. The first-order valence-electron chi connectivity index (χ1n) is 10.7. The number of carbonyl (C=O) groups excluding carboxylic acids is 2. The molecule has 158 valence electrons. The molecule has 1 unspecified atom stereocenters. The number of nitrogens with one attached hydrogen (secondary N) is 1. The van der Waals surface area contributed by atoms with Crippen molar-refractivity contribution < 1.29 is 19.1 Å². The summed E-state index contributed by atoms with van der Waals surface area (Å²) in [5.41, 5.74) is 1.93. The molecule has 3 aliphatic rings. The normalized spacial score (nSPS) is 22.3. The van der Waals surface area contributed by atoms with Crippen molar-refractivity contribution >= 4 is 11.8 Å². The van der Waals surface area contributed by atoms with Crippen molar-refractivity contribution in [3.63, 3.8) is 0 Å². The smallest absolute Gasteiger partial charge is 0.242 e. The highest BCUT2D eigenvalue weighted by atomic mass is 16.6. The van der Waals surface area contributed by atoms with Crippen molar-refractivity contribution in [2.24, 2.45) is 5.41 Å². The number of rotatable bonds is 2. The Morgan fingerprint density at radius 2 is 1.76 bits per heavy atom. The lowest BCUT2D eigenvalue weighted by Gasteiger charge is -2.46. The summed E-state index contributed by atoms with van der Waals surface area (Å²) in [5.74, 6) is 1.46. The highest BCUT2D eigenvalue weighted by molar-refractivity contribution is 5.87. The van der Waals surface area contributed by atoms with Crippen LogP contribution in [0.2, 0.25) is 0 Å². The molecule has 4 rings (SSSR count). The second-order valence-electron chi connectivity index (χ2n) is 9.70. The minimum absolute atomic E-state index is 0.0260. The van der Waals surface area contributed by atoms with Crippen LogP contribution in [0.4, 0.5) is 0 Å². The van der Waals surface area contributed by atoms with Gasteiger partial charge in [-0.3, -0.25) is 9.59 Å². The molecule has 29 heavy (non-hydrogen) atoms. The van der Waals surface area contributed by atoms with Crippen LogP contribution in [0.15, 0.2) is 12.1 Å². The molecule has 0 aromatic heterocycles. The molecule has 6 heteroatoms. The number of benzene rings is 1. The fourth-order valence-corrected chi connectivity index (χ4v) is 4.93. The quantitative estimate of drug-likeness (QED) is 0.827. The lowest BCUT2D eigenvalue weighted by Crippen LogP contribution is -2.52. The van der Waals surface area contributed by atoms with Crippen LogP contribution >= 0.6 is 0 Å². The van der Waals surface area contributed by atoms with Crippen LogP contribution in [0.5, 0.6) is 11.5 Å². The first kappa shape index (κ1) is 20.0. The van der Waals surface area contributed by atoms with E-state index in [1.165, 1.54) is 18.4 Å². The van der Waals surface area contributed by atoms with E-state index in [0.29, 0.717) is 19.8 Å². The first-order chi connectivity index (χ1) is 13.7. The summed E-state index contributed by atoms with van der Waals surface area (Å²) in [4.78, 5) is 27.3. The molecule has 1 atom stereocenters. The SMILES string of the molecule is CC1c2cc3c(cc2C2(CCCC2)CN1C(=O)CNC(=O)C(C)(C)C)OCCO3. The second kappa shape index (κ2) is 7.22. The Kier molecular flexibility index (Phi) is 4.99. The highest BCUT2D eigenvalue weighted by Gasteiger charge is 2.46. The molecule has 1 aromatic rings. The number of hydrogen-bond acceptors (Lipinski definition) is 4. The minimum Gasteiger partial charge on any atom is -0.486 e. The average Bonchev–Trinajstić information content (AvgIpc) is 3.16. The van der Waals surface area contributed by atoms with Crippen molar-refractivity contribution in [2.75, 3.05) is 26.3 Å². The minimum atomic E-state index is -0.510. The standard InChI is InChI=1S/C23H32N2O4/c1-15-16-11-18-19(29-10-9-28-18)12-17(16)23(7-5-6-8-23)14-25(15)20(26)13-24-21(27)22(2,3)4/h11-12,15H,5-10,13-14H2,1-4H3,(H,24,27). The molecule has 6 nitrogen and oxygen atoms in total. The molecule has 1 aliphatic carbocycles. The second-order valence-corrected chi connectivity index (χ2v) is 9.70. The van der Waals surface area contributed by atoms with Gasteiger partial charge < -0.3 is 19.7 Å². The zero-order chi connectivity index (χ0) is 20.8. The Hall–Kier alpha value is -2.24. The molecule has 0 radical (unpaired) electrons. The summed E-state index contributed by atoms with van der Waals surface area (Å²) < 4.78 is 11.7. The van der Waals surface area contributed by atoms with E-state index in [4.69, 9.17) is 9.47 Å². The van der Waals surface area contributed by atoms with Gasteiger partial charge in [0, 0.05) is 17.4 Å². The van der Waals surface area contributed by atoms with Gasteiger partial charge in [-0.15, -0.1) is 0 Å². The molecule has 1 spiro atoms. The molecule has 2 amide bonds. The van der Waals surface area contributed by atoms with E-state index in [9.17, 15) is 9.59 Å². The third-order valence-electron chi connectivity index (χ3n) is 6.64. The van der Waals surface area contributed by atoms with E-state index < -0.39 is 5.41 Å². The van der Waals surface area contributed by atoms with Crippen LogP contribution < -0.4 is 14.8 Å². The van der Waals surface area contributed by atoms with Crippen LogP contribution in [0, 0.1) is 5.41 Å². The molecule has 1 aromatic carbocycles. The number of amides is 2. The van der Waals surface area contributed by atoms with Gasteiger partial charge in [0.1, 0.15) is 13.2 Å². The van der Waals surface area contributed by atoms with Crippen LogP contribution in [0.25, 0.3) is 0 Å². The molecule has 0 saturated heterocycles. The number of ether oxygens (including phenoxy) is 2. The summed E-state index contributed by atoms with van der Waals surface area (Å²) in [6.45, 7) is 9.49. The summed E-state index contributed by atoms with van der Waals surface area (Å²) in [6.07, 6.45) is 4.49. The molecular weight excluding hydrogens is 368 g/mol. The fourth-order valence-electron chi connectivity index (χ4n) is 4.93. The van der Waals surface area contributed by atoms with Crippen LogP contribution in [0.1, 0.15) is 70.5 Å². The monoisotopic (exact) mass is 400 g/mol. The van der Waals surface area contributed by atoms with Crippen LogP contribution in [-0.4, -0.2) is 43.0 Å². The van der Waals surface area contributed by atoms with Gasteiger partial charge in [0.15, 0.2) is 11.5 Å². The van der Waals surface area contributed by atoms with Gasteiger partial charge in [0.05, 0.1) is 12.6 Å². The van der Waals surface area contributed by atoms with Gasteiger partial charge in [0.2, 0.25) is 11.8 Å². The van der Waals surface area contributed by atoms with Gasteiger partial charge in [0.25, 0.3) is 0 Å². The van der Waals surface area contributed by atoms with Crippen LogP contribution in [0.3, 0.4) is 0 Å². The maximum Gasteiger partial charge on any atom is 0.242 e. The van der Waals surface area contributed by atoms with E-state index in [1.807, 2.05) is 25.7 Å². The Morgan fingerprint density at radius 3 is 2.38 bits per heavy atom. The number of fused-ring (bicyclic) bond motifs is 3. The van der Waals surface area contributed by atoms with E-state index in [1.54, 1.807) is 0 Å². The van der Waals surface area contributed by atoms with Gasteiger partial charge in [-0.05, 0) is 43.0 Å². The van der Waals surface area contributed by atoms with E-state index >= 15 is 0 Å². The van der Waals surface area contributed by atoms with E-state index in [-0.39, 0.29) is 29.8 Å². The van der Waals surface area contributed by atoms with Crippen molar-refractivity contribution in [3.05, 3.63) is 23.3 Å². The number of carbonyl (C=O) groups is 2. The van der Waals surface area contributed by atoms with E-state index in [2.05, 4.69) is 24.4 Å². The molecule has 1 fully saturated rings. The van der Waals surface area contributed by atoms with Crippen molar-refractivity contribution in [3.8, 4) is 11.5 Å². The van der Waals surface area contributed by atoms with Crippen molar-refractivity contribution in [1.82, 2.24) is 10.2 Å². The van der Waals surface area contributed by atoms with Gasteiger partial charge in [-0.2, -0.15) is 0 Å². The van der Waals surface area contributed by atoms with Crippen molar-refractivity contribution in [1.29, 1.82) is 0 Å². The van der Waals surface area contributed by atoms with E-state index in [0.717, 1.165) is 29.9 Å². The first-order valence-corrected chi connectivity index (χ1v) is 10.7. The topological polar surface area (TPSA) is 67.9 Å². The van der Waals surface area contributed by atoms with Gasteiger partial charge in [-0.1, -0.05) is 33.6 Å². The summed E-state index contributed by atoms with van der Waals surface area (Å²) in [5, 5.41) is 2.82. The average molecular weight is 401 g/mol. The Morgan fingerprint density at radius 1 is 1.14 bits per heavy atom.